The number of halogens is 1. The third-order valence-electron chi connectivity index (χ3n) is 4.27. The molecule has 7 nitrogen and oxygen atoms in total. The third kappa shape index (κ3) is 3.73. The van der Waals surface area contributed by atoms with Crippen LogP contribution in [0.5, 0.6) is 0 Å². The Bertz CT molecular complexity index is 1250. The quantitative estimate of drug-likeness (QED) is 0.454. The van der Waals surface area contributed by atoms with Crippen molar-refractivity contribution in [1.29, 1.82) is 5.26 Å². The molecule has 0 saturated heterocycles. The van der Waals surface area contributed by atoms with Gasteiger partial charge in [-0.05, 0) is 49.6 Å². The van der Waals surface area contributed by atoms with E-state index in [1.165, 1.54) is 28.2 Å². The highest BCUT2D eigenvalue weighted by Crippen LogP contribution is 2.27. The van der Waals surface area contributed by atoms with Gasteiger partial charge in [0.05, 0.1) is 16.6 Å². The average molecular weight is 418 g/mol. The van der Waals surface area contributed by atoms with Crippen LogP contribution in [-0.2, 0) is 0 Å². The molecule has 0 aliphatic heterocycles. The first kappa shape index (κ1) is 19.5. The zero-order chi connectivity index (χ0) is 21.3. The second-order valence-electron chi connectivity index (χ2n) is 6.56. The summed E-state index contributed by atoms with van der Waals surface area (Å²) in [6.45, 7) is 3.53. The van der Waals surface area contributed by atoms with Crippen molar-refractivity contribution in [2.75, 3.05) is 0 Å². The summed E-state index contributed by atoms with van der Waals surface area (Å²) >= 11 is 1.41. The van der Waals surface area contributed by atoms with E-state index in [1.54, 1.807) is 32.0 Å². The van der Waals surface area contributed by atoms with Crippen LogP contribution in [0, 0.1) is 31.0 Å². The molecule has 3 aromatic heterocycles. The lowest BCUT2D eigenvalue weighted by Gasteiger charge is -2.06. The lowest BCUT2D eigenvalue weighted by molar-refractivity contribution is 0.0966. The number of ketones is 1. The van der Waals surface area contributed by atoms with Gasteiger partial charge in [-0.15, -0.1) is 16.4 Å². The molecule has 9 heteroatoms. The van der Waals surface area contributed by atoms with Gasteiger partial charge >= 0.3 is 0 Å². The number of aromatic nitrogens is 5. The molecule has 0 bridgehead atoms. The summed E-state index contributed by atoms with van der Waals surface area (Å²) in [4.78, 5) is 26.7. The maximum absolute atomic E-state index is 13.8. The molecule has 0 amide bonds. The van der Waals surface area contributed by atoms with Crippen molar-refractivity contribution in [3.63, 3.8) is 0 Å². The van der Waals surface area contributed by atoms with Gasteiger partial charge in [0, 0.05) is 11.4 Å². The molecule has 0 aliphatic carbocycles. The fourth-order valence-electron chi connectivity index (χ4n) is 3.01. The Hall–Kier alpha value is -3.77. The molecular weight excluding hydrogens is 403 g/mol. The highest BCUT2D eigenvalue weighted by Gasteiger charge is 2.30. The van der Waals surface area contributed by atoms with Crippen LogP contribution in [0.25, 0.3) is 16.4 Å². The molecular formula is C21H15FN6OS. The summed E-state index contributed by atoms with van der Waals surface area (Å²) in [5.41, 5.74) is 1.73. The lowest BCUT2D eigenvalue weighted by Crippen LogP contribution is -2.17. The van der Waals surface area contributed by atoms with Crippen LogP contribution in [0.1, 0.15) is 33.7 Å². The van der Waals surface area contributed by atoms with Gasteiger partial charge < -0.3 is 0 Å². The number of nitrogens with zero attached hydrogens (tertiary/aromatic N) is 6. The van der Waals surface area contributed by atoms with Gasteiger partial charge in [-0.1, -0.05) is 12.1 Å². The van der Waals surface area contributed by atoms with Gasteiger partial charge in [-0.3, -0.25) is 4.79 Å². The Morgan fingerprint density at radius 3 is 2.53 bits per heavy atom. The number of Topliss-reactive ketones (excluding diaryl/α,β-unsaturated/α-hetero) is 1. The van der Waals surface area contributed by atoms with E-state index in [1.807, 2.05) is 23.6 Å². The van der Waals surface area contributed by atoms with Crippen molar-refractivity contribution in [2.45, 2.75) is 19.8 Å². The Morgan fingerprint density at radius 2 is 1.90 bits per heavy atom. The number of carbonyl (C=O) groups excluding carboxylic acids is 1. The molecule has 3 heterocycles. The number of thiophene rings is 1. The van der Waals surface area contributed by atoms with Crippen molar-refractivity contribution in [1.82, 2.24) is 24.7 Å². The molecule has 148 valence electrons. The van der Waals surface area contributed by atoms with Crippen molar-refractivity contribution in [2.24, 2.45) is 0 Å². The number of aryl methyl sites for hydroxylation is 2. The van der Waals surface area contributed by atoms with Crippen LogP contribution in [0.15, 0.2) is 47.8 Å². The first-order chi connectivity index (χ1) is 14.5. The minimum Gasteiger partial charge on any atom is -0.289 e. The normalized spacial score (nSPS) is 11.8. The summed E-state index contributed by atoms with van der Waals surface area (Å²) in [6.07, 6.45) is 0. The highest BCUT2D eigenvalue weighted by molar-refractivity contribution is 7.13. The van der Waals surface area contributed by atoms with Crippen molar-refractivity contribution < 1.29 is 9.18 Å². The zero-order valence-corrected chi connectivity index (χ0v) is 16.9. The summed E-state index contributed by atoms with van der Waals surface area (Å²) in [7, 11) is 0. The molecule has 1 atom stereocenters. The summed E-state index contributed by atoms with van der Waals surface area (Å²) in [5, 5.41) is 15.8. The summed E-state index contributed by atoms with van der Waals surface area (Å²) in [5.74, 6) is -1.96. The van der Waals surface area contributed by atoms with E-state index >= 15 is 0 Å². The van der Waals surface area contributed by atoms with E-state index in [0.717, 1.165) is 4.88 Å². The van der Waals surface area contributed by atoms with Crippen molar-refractivity contribution >= 4 is 17.1 Å². The molecule has 0 N–H and O–H groups in total. The topological polar surface area (TPSA) is 97.3 Å². The highest BCUT2D eigenvalue weighted by atomic mass is 32.1. The Balaban J connectivity index is 1.82. The molecule has 1 aromatic carbocycles. The number of rotatable bonds is 5. The van der Waals surface area contributed by atoms with Gasteiger partial charge in [-0.25, -0.2) is 24.0 Å². The van der Waals surface area contributed by atoms with Crippen LogP contribution < -0.4 is 0 Å². The number of benzene rings is 1. The number of hydrogen-bond donors (Lipinski definition) is 0. The monoisotopic (exact) mass is 418 g/mol. The fourth-order valence-corrected chi connectivity index (χ4v) is 3.71. The number of carbonyl (C=O) groups is 1. The summed E-state index contributed by atoms with van der Waals surface area (Å²) < 4.78 is 15.2. The standard InChI is InChI=1S/C21H15FN6OS/c1-12-9-13(2)25-19(24-12)16(11-23)18(29)20-26-21(17-7-4-8-30-17)28(27-20)15-6-3-5-14(22)10-15/h3-10,16H,1-2H3. The number of hydrogen-bond acceptors (Lipinski definition) is 7. The van der Waals surface area contributed by atoms with E-state index < -0.39 is 17.5 Å². The molecule has 0 spiro atoms. The lowest BCUT2D eigenvalue weighted by atomic mass is 10.0. The second-order valence-corrected chi connectivity index (χ2v) is 7.51. The van der Waals surface area contributed by atoms with E-state index in [4.69, 9.17) is 0 Å². The molecule has 30 heavy (non-hydrogen) atoms. The van der Waals surface area contributed by atoms with E-state index in [9.17, 15) is 14.4 Å². The number of nitriles is 1. The minimum absolute atomic E-state index is 0.111. The summed E-state index contributed by atoms with van der Waals surface area (Å²) in [6, 6.07) is 13.2. The SMILES string of the molecule is Cc1cc(C)nc(C(C#N)C(=O)c2nc(-c3cccs3)n(-c3cccc(F)c3)n2)n1. The predicted molar refractivity (Wildman–Crippen MR) is 109 cm³/mol. The maximum atomic E-state index is 13.8. The van der Waals surface area contributed by atoms with Crippen molar-refractivity contribution in [3.05, 3.63) is 76.7 Å². The second kappa shape index (κ2) is 7.93. The fraction of sp³-hybridized carbons (Fsp3) is 0.143. The first-order valence-electron chi connectivity index (χ1n) is 8.99. The van der Waals surface area contributed by atoms with Gasteiger partial charge in [0.1, 0.15) is 5.82 Å². The van der Waals surface area contributed by atoms with Gasteiger partial charge in [-0.2, -0.15) is 5.26 Å². The molecule has 0 aliphatic rings. The van der Waals surface area contributed by atoms with Gasteiger partial charge in [0.25, 0.3) is 0 Å². The molecule has 4 rings (SSSR count). The Labute approximate surface area is 175 Å². The van der Waals surface area contributed by atoms with Gasteiger partial charge in [0.2, 0.25) is 11.6 Å². The Morgan fingerprint density at radius 1 is 1.13 bits per heavy atom. The average Bonchev–Trinajstić information content (AvgIpc) is 3.37. The smallest absolute Gasteiger partial charge is 0.226 e. The molecule has 0 radical (unpaired) electrons. The van der Waals surface area contributed by atoms with Crippen LogP contribution in [0.2, 0.25) is 0 Å². The minimum atomic E-state index is -1.25. The van der Waals surface area contributed by atoms with Crippen molar-refractivity contribution in [3.8, 4) is 22.5 Å². The third-order valence-corrected chi connectivity index (χ3v) is 5.14. The largest absolute Gasteiger partial charge is 0.289 e. The van der Waals surface area contributed by atoms with E-state index in [-0.39, 0.29) is 11.6 Å². The molecule has 4 aromatic rings. The first-order valence-corrected chi connectivity index (χ1v) is 9.87. The molecule has 0 fully saturated rings. The van der Waals surface area contributed by atoms with Crippen LogP contribution in [-0.4, -0.2) is 30.5 Å². The van der Waals surface area contributed by atoms with Crippen LogP contribution in [0.3, 0.4) is 0 Å². The molecule has 0 saturated carbocycles. The molecule has 1 unspecified atom stereocenters. The maximum Gasteiger partial charge on any atom is 0.226 e. The van der Waals surface area contributed by atoms with Crippen LogP contribution >= 0.6 is 11.3 Å². The van der Waals surface area contributed by atoms with E-state index in [2.05, 4.69) is 20.1 Å². The van der Waals surface area contributed by atoms with Crippen LogP contribution in [0.4, 0.5) is 4.39 Å². The Kier molecular flexibility index (Phi) is 5.16. The zero-order valence-electron chi connectivity index (χ0n) is 16.1. The predicted octanol–water partition coefficient (Wildman–Crippen LogP) is 4.03. The van der Waals surface area contributed by atoms with Gasteiger partial charge in [0.15, 0.2) is 17.6 Å². The van der Waals surface area contributed by atoms with E-state index in [0.29, 0.717) is 22.9 Å².